The molecule has 0 aliphatic carbocycles. The topological polar surface area (TPSA) is 75.7 Å². The lowest BCUT2D eigenvalue weighted by molar-refractivity contribution is 0.102. The van der Waals surface area contributed by atoms with Gasteiger partial charge in [0.05, 0.1) is 21.7 Å². The fourth-order valence-corrected chi connectivity index (χ4v) is 5.01. The monoisotopic (exact) mass is 544 g/mol. The Bertz CT molecular complexity index is 1200. The second-order valence-electron chi connectivity index (χ2n) is 7.84. The Hall–Kier alpha value is -2.84. The van der Waals surface area contributed by atoms with E-state index < -0.39 is 10.0 Å². The normalized spacial score (nSPS) is 11.1. The molecule has 0 aliphatic rings. The van der Waals surface area contributed by atoms with Gasteiger partial charge in [0, 0.05) is 18.3 Å². The van der Waals surface area contributed by atoms with Gasteiger partial charge >= 0.3 is 0 Å². The molecule has 0 unspecified atom stereocenters. The largest absolute Gasteiger partial charge is 0.492 e. The minimum absolute atomic E-state index is 0.139. The summed E-state index contributed by atoms with van der Waals surface area (Å²) in [5.41, 5.74) is 1.53. The molecule has 0 spiro atoms. The molecule has 1 N–H and O–H groups in total. The first-order valence-electron chi connectivity index (χ1n) is 11.2. The summed E-state index contributed by atoms with van der Waals surface area (Å²) in [7, 11) is -2.20. The van der Waals surface area contributed by atoms with E-state index in [0.717, 1.165) is 12.8 Å². The van der Waals surface area contributed by atoms with Gasteiger partial charge in [-0.05, 0) is 76.9 Å². The number of carbonyl (C=O) groups excluding carboxylic acids is 1. The fourth-order valence-electron chi connectivity index (χ4n) is 3.32. The van der Waals surface area contributed by atoms with Crippen LogP contribution >= 0.6 is 15.9 Å². The lowest BCUT2D eigenvalue weighted by Gasteiger charge is -2.19. The van der Waals surface area contributed by atoms with Crippen molar-refractivity contribution in [3.05, 3.63) is 82.8 Å². The number of hydrogen-bond donors (Lipinski definition) is 1. The maximum atomic E-state index is 12.9. The maximum Gasteiger partial charge on any atom is 0.264 e. The highest BCUT2D eigenvalue weighted by molar-refractivity contribution is 9.10. The number of amides is 1. The van der Waals surface area contributed by atoms with Crippen molar-refractivity contribution in [3.8, 4) is 5.75 Å². The number of sulfonamides is 1. The number of halogens is 1. The molecule has 8 heteroatoms. The summed E-state index contributed by atoms with van der Waals surface area (Å²) in [4.78, 5) is 12.8. The van der Waals surface area contributed by atoms with Crippen LogP contribution in [0.5, 0.6) is 5.75 Å². The van der Waals surface area contributed by atoms with Crippen LogP contribution in [0.1, 0.15) is 43.0 Å². The van der Waals surface area contributed by atoms with E-state index in [4.69, 9.17) is 4.74 Å². The molecule has 3 aromatic rings. The van der Waals surface area contributed by atoms with E-state index in [1.807, 2.05) is 6.07 Å². The zero-order chi connectivity index (χ0) is 24.6. The predicted molar refractivity (Wildman–Crippen MR) is 140 cm³/mol. The molecule has 180 valence electrons. The molecular weight excluding hydrogens is 516 g/mol. The van der Waals surface area contributed by atoms with Crippen molar-refractivity contribution in [1.82, 2.24) is 0 Å². The highest BCUT2D eigenvalue weighted by atomic mass is 79.9. The Morgan fingerprint density at radius 3 is 2.32 bits per heavy atom. The van der Waals surface area contributed by atoms with E-state index in [2.05, 4.69) is 28.2 Å². The fraction of sp³-hybridized carbons (Fsp3) is 0.269. The average molecular weight is 545 g/mol. The van der Waals surface area contributed by atoms with E-state index in [1.165, 1.54) is 36.3 Å². The van der Waals surface area contributed by atoms with Gasteiger partial charge in [0.2, 0.25) is 0 Å². The lowest BCUT2D eigenvalue weighted by atomic mass is 10.2. The van der Waals surface area contributed by atoms with Crippen molar-refractivity contribution in [1.29, 1.82) is 0 Å². The van der Waals surface area contributed by atoms with E-state index >= 15 is 0 Å². The first-order chi connectivity index (χ1) is 16.3. The number of carbonyl (C=O) groups is 1. The van der Waals surface area contributed by atoms with Crippen LogP contribution in [0, 0.1) is 0 Å². The van der Waals surface area contributed by atoms with Crippen molar-refractivity contribution >= 4 is 43.2 Å². The smallest absolute Gasteiger partial charge is 0.264 e. The van der Waals surface area contributed by atoms with Crippen LogP contribution in [0.25, 0.3) is 0 Å². The molecule has 0 aromatic heterocycles. The van der Waals surface area contributed by atoms with Crippen LogP contribution in [0.4, 0.5) is 11.4 Å². The van der Waals surface area contributed by atoms with Gasteiger partial charge in [0.1, 0.15) is 5.75 Å². The molecule has 6 nitrogen and oxygen atoms in total. The molecule has 0 saturated carbocycles. The number of unbranched alkanes of at least 4 members (excludes halogenated alkanes) is 3. The van der Waals surface area contributed by atoms with Gasteiger partial charge in [-0.3, -0.25) is 9.10 Å². The van der Waals surface area contributed by atoms with Crippen molar-refractivity contribution in [2.75, 3.05) is 23.3 Å². The van der Waals surface area contributed by atoms with Gasteiger partial charge in [-0.1, -0.05) is 44.4 Å². The standard InChI is InChI=1S/C26H29BrN2O4S/c1-3-4-5-9-18-33-25-17-12-20(19-24(25)27)26(30)28-21-13-15-23(16-14-21)34(31,32)29(2)22-10-7-6-8-11-22/h6-8,10-17,19H,3-5,9,18H2,1-2H3,(H,28,30). The van der Waals surface area contributed by atoms with E-state index in [-0.39, 0.29) is 10.8 Å². The molecular formula is C26H29BrN2O4S. The number of rotatable bonds is 11. The number of para-hydroxylation sites is 1. The molecule has 3 rings (SSSR count). The van der Waals surface area contributed by atoms with Gasteiger partial charge < -0.3 is 10.1 Å². The third-order valence-electron chi connectivity index (χ3n) is 5.34. The predicted octanol–water partition coefficient (Wildman–Crippen LogP) is 6.49. The van der Waals surface area contributed by atoms with Crippen molar-refractivity contribution < 1.29 is 17.9 Å². The van der Waals surface area contributed by atoms with E-state index in [1.54, 1.807) is 54.6 Å². The summed E-state index contributed by atoms with van der Waals surface area (Å²) in [6, 6.07) is 20.2. The molecule has 0 atom stereocenters. The average Bonchev–Trinajstić information content (AvgIpc) is 2.85. The van der Waals surface area contributed by atoms with E-state index in [0.29, 0.717) is 33.8 Å². The van der Waals surface area contributed by atoms with Crippen LogP contribution < -0.4 is 14.4 Å². The number of hydrogen-bond acceptors (Lipinski definition) is 4. The first kappa shape index (κ1) is 25.8. The maximum absolute atomic E-state index is 12.9. The Balaban J connectivity index is 1.63. The van der Waals surface area contributed by atoms with Gasteiger partial charge in [0.25, 0.3) is 15.9 Å². The Labute approximate surface area is 210 Å². The summed E-state index contributed by atoms with van der Waals surface area (Å²) in [6.45, 7) is 2.81. The SMILES string of the molecule is CCCCCCOc1ccc(C(=O)Nc2ccc(S(=O)(=O)N(C)c3ccccc3)cc2)cc1Br. The first-order valence-corrected chi connectivity index (χ1v) is 13.4. The second kappa shape index (κ2) is 12.0. The molecule has 3 aromatic carbocycles. The quantitative estimate of drug-likeness (QED) is 0.280. The minimum atomic E-state index is -3.71. The molecule has 0 saturated heterocycles. The Morgan fingerprint density at radius 2 is 1.68 bits per heavy atom. The lowest BCUT2D eigenvalue weighted by Crippen LogP contribution is -2.26. The summed E-state index contributed by atoms with van der Waals surface area (Å²) in [5.74, 6) is 0.400. The molecule has 1 amide bonds. The molecule has 0 heterocycles. The third kappa shape index (κ3) is 6.61. The van der Waals surface area contributed by atoms with Gasteiger partial charge in [-0.15, -0.1) is 0 Å². The summed E-state index contributed by atoms with van der Waals surface area (Å²) >= 11 is 3.47. The van der Waals surface area contributed by atoms with Gasteiger partial charge in [-0.2, -0.15) is 0 Å². The van der Waals surface area contributed by atoms with Crippen molar-refractivity contribution in [2.45, 2.75) is 37.5 Å². The van der Waals surface area contributed by atoms with E-state index in [9.17, 15) is 13.2 Å². The van der Waals surface area contributed by atoms with Gasteiger partial charge in [0.15, 0.2) is 0 Å². The zero-order valence-electron chi connectivity index (χ0n) is 19.3. The second-order valence-corrected chi connectivity index (χ2v) is 10.7. The highest BCUT2D eigenvalue weighted by Crippen LogP contribution is 2.27. The summed E-state index contributed by atoms with van der Waals surface area (Å²) in [5, 5.41) is 2.80. The Morgan fingerprint density at radius 1 is 0.971 bits per heavy atom. The highest BCUT2D eigenvalue weighted by Gasteiger charge is 2.21. The van der Waals surface area contributed by atoms with Crippen molar-refractivity contribution in [3.63, 3.8) is 0 Å². The number of benzene rings is 3. The number of nitrogens with one attached hydrogen (secondary N) is 1. The van der Waals surface area contributed by atoms with Crippen LogP contribution in [0.3, 0.4) is 0 Å². The zero-order valence-corrected chi connectivity index (χ0v) is 21.7. The molecule has 0 aliphatic heterocycles. The van der Waals surface area contributed by atoms with Crippen LogP contribution in [0.15, 0.2) is 82.2 Å². The molecule has 0 bridgehead atoms. The third-order valence-corrected chi connectivity index (χ3v) is 7.76. The number of ether oxygens (including phenoxy) is 1. The summed E-state index contributed by atoms with van der Waals surface area (Å²) in [6.07, 6.45) is 4.50. The van der Waals surface area contributed by atoms with Crippen LogP contribution in [-0.4, -0.2) is 28.0 Å². The minimum Gasteiger partial charge on any atom is -0.492 e. The molecule has 34 heavy (non-hydrogen) atoms. The number of nitrogens with zero attached hydrogens (tertiary/aromatic N) is 1. The molecule has 0 fully saturated rings. The van der Waals surface area contributed by atoms with Gasteiger partial charge in [-0.25, -0.2) is 8.42 Å². The van der Waals surface area contributed by atoms with Crippen molar-refractivity contribution in [2.24, 2.45) is 0 Å². The van der Waals surface area contributed by atoms with Crippen LogP contribution in [0.2, 0.25) is 0 Å². The van der Waals surface area contributed by atoms with Crippen LogP contribution in [-0.2, 0) is 10.0 Å². The summed E-state index contributed by atoms with van der Waals surface area (Å²) < 4.78 is 33.5. The Kier molecular flexibility index (Phi) is 9.12. The molecule has 0 radical (unpaired) electrons. The number of anilines is 2.